The average Bonchev–Trinajstić information content (AvgIpc) is 2.82. The molecule has 1 unspecified atom stereocenters. The first-order chi connectivity index (χ1) is 6.09. The second kappa shape index (κ2) is 4.50. The van der Waals surface area contributed by atoms with Crippen LogP contribution >= 0.6 is 0 Å². The monoisotopic (exact) mass is 193 g/mol. The van der Waals surface area contributed by atoms with Crippen LogP contribution in [0.4, 0.5) is 8.78 Å². The molecule has 1 rings (SSSR count). The smallest absolute Gasteiger partial charge is 0.255 e. The molecule has 1 aliphatic rings. The molecule has 0 aromatic carbocycles. The number of aliphatic hydroxyl groups excluding tert-OH is 1. The number of rotatable bonds is 5. The Morgan fingerprint density at radius 2 is 2.15 bits per heavy atom. The van der Waals surface area contributed by atoms with E-state index >= 15 is 0 Å². The van der Waals surface area contributed by atoms with E-state index < -0.39 is 25.0 Å². The van der Waals surface area contributed by atoms with Gasteiger partial charge in [-0.15, -0.1) is 0 Å². The molecule has 0 aliphatic heterocycles. The van der Waals surface area contributed by atoms with Crippen LogP contribution in [-0.2, 0) is 4.79 Å². The molecule has 1 atom stereocenters. The minimum atomic E-state index is -2.53. The van der Waals surface area contributed by atoms with Crippen molar-refractivity contribution in [3.63, 3.8) is 0 Å². The Balaban J connectivity index is 2.09. The van der Waals surface area contributed by atoms with Gasteiger partial charge in [-0.25, -0.2) is 8.78 Å². The lowest BCUT2D eigenvalue weighted by Crippen LogP contribution is -2.31. The molecule has 0 saturated heterocycles. The summed E-state index contributed by atoms with van der Waals surface area (Å²) in [6.07, 6.45) is -1.37. The first-order valence-corrected chi connectivity index (χ1v) is 4.32. The quantitative estimate of drug-likeness (QED) is 0.669. The summed E-state index contributed by atoms with van der Waals surface area (Å²) in [6.45, 7) is -0.629. The van der Waals surface area contributed by atoms with Crippen molar-refractivity contribution < 1.29 is 18.7 Å². The molecule has 0 spiro atoms. The lowest BCUT2D eigenvalue weighted by Gasteiger charge is -2.08. The Morgan fingerprint density at radius 1 is 1.54 bits per heavy atom. The highest BCUT2D eigenvalue weighted by atomic mass is 19.3. The molecule has 0 aromatic heterocycles. The zero-order chi connectivity index (χ0) is 9.84. The molecular formula is C8H13F2NO2. The second-order valence-corrected chi connectivity index (χ2v) is 3.30. The summed E-state index contributed by atoms with van der Waals surface area (Å²) in [5.74, 6) is -0.294. The van der Waals surface area contributed by atoms with Crippen LogP contribution in [0, 0.1) is 5.92 Å². The number of hydrogen-bond acceptors (Lipinski definition) is 2. The summed E-state index contributed by atoms with van der Waals surface area (Å²) in [4.78, 5) is 10.9. The molecular weight excluding hydrogens is 180 g/mol. The van der Waals surface area contributed by atoms with Crippen molar-refractivity contribution >= 4 is 5.91 Å². The third-order valence-corrected chi connectivity index (χ3v) is 2.01. The van der Waals surface area contributed by atoms with E-state index in [2.05, 4.69) is 0 Å². The highest BCUT2D eigenvalue weighted by molar-refractivity contribution is 5.76. The molecule has 3 nitrogen and oxygen atoms in total. The number of halogens is 2. The van der Waals surface area contributed by atoms with Crippen LogP contribution in [0.15, 0.2) is 0 Å². The first-order valence-electron chi connectivity index (χ1n) is 4.32. The maximum Gasteiger partial charge on any atom is 0.255 e. The predicted octanol–water partition coefficient (Wildman–Crippen LogP) is 0.529. The third-order valence-electron chi connectivity index (χ3n) is 2.01. The minimum absolute atomic E-state index is 0.0581. The number of amides is 1. The van der Waals surface area contributed by atoms with Crippen molar-refractivity contribution in [2.75, 3.05) is 6.54 Å². The molecule has 76 valence electrons. The normalized spacial score (nSPS) is 18.8. The highest BCUT2D eigenvalue weighted by Crippen LogP contribution is 2.33. The lowest BCUT2D eigenvalue weighted by atomic mass is 10.1. The Bertz CT molecular complexity index is 183. The van der Waals surface area contributed by atoms with Gasteiger partial charge in [0.15, 0.2) is 0 Å². The molecule has 13 heavy (non-hydrogen) atoms. The maximum atomic E-state index is 11.6. The zero-order valence-corrected chi connectivity index (χ0v) is 7.17. The Labute approximate surface area is 75.1 Å². The van der Waals surface area contributed by atoms with Crippen molar-refractivity contribution in [2.45, 2.75) is 31.8 Å². The van der Waals surface area contributed by atoms with E-state index in [-0.39, 0.29) is 12.3 Å². The van der Waals surface area contributed by atoms with Crippen molar-refractivity contribution in [2.24, 2.45) is 5.92 Å². The predicted molar refractivity (Wildman–Crippen MR) is 42.4 cm³/mol. The van der Waals surface area contributed by atoms with Crippen LogP contribution < -0.4 is 5.32 Å². The van der Waals surface area contributed by atoms with Gasteiger partial charge in [0.25, 0.3) is 6.43 Å². The summed E-state index contributed by atoms with van der Waals surface area (Å²) in [6, 6.07) is 0. The molecule has 1 amide bonds. The summed E-state index contributed by atoms with van der Waals surface area (Å²) in [5, 5.41) is 11.3. The standard InChI is InChI=1S/C8H13F2NO2/c9-7(10)4-11-8(13)3-6(12)5-1-2-5/h5-7,12H,1-4H2,(H,11,13). The van der Waals surface area contributed by atoms with E-state index in [1.807, 2.05) is 5.32 Å². The summed E-state index contributed by atoms with van der Waals surface area (Å²) >= 11 is 0. The maximum absolute atomic E-state index is 11.6. The molecule has 2 N–H and O–H groups in total. The van der Waals surface area contributed by atoms with Crippen molar-refractivity contribution in [1.29, 1.82) is 0 Å². The van der Waals surface area contributed by atoms with Crippen molar-refractivity contribution in [1.82, 2.24) is 5.32 Å². The van der Waals surface area contributed by atoms with Crippen LogP contribution in [0.2, 0.25) is 0 Å². The van der Waals surface area contributed by atoms with Crippen LogP contribution in [-0.4, -0.2) is 30.1 Å². The number of alkyl halides is 2. The summed E-state index contributed by atoms with van der Waals surface area (Å²) in [7, 11) is 0. The van der Waals surface area contributed by atoms with Gasteiger partial charge in [-0.05, 0) is 18.8 Å². The SMILES string of the molecule is O=C(CC(O)C1CC1)NCC(F)F. The van der Waals surface area contributed by atoms with E-state index in [1.165, 1.54) is 0 Å². The van der Waals surface area contributed by atoms with Gasteiger partial charge in [0, 0.05) is 0 Å². The molecule has 5 heteroatoms. The molecule has 0 aromatic rings. The molecule has 0 radical (unpaired) electrons. The molecule has 1 fully saturated rings. The number of aliphatic hydroxyl groups is 1. The first kappa shape index (κ1) is 10.4. The molecule has 1 aliphatic carbocycles. The number of nitrogens with one attached hydrogen (secondary N) is 1. The zero-order valence-electron chi connectivity index (χ0n) is 7.17. The fourth-order valence-electron chi connectivity index (χ4n) is 1.10. The van der Waals surface area contributed by atoms with Crippen LogP contribution in [0.5, 0.6) is 0 Å². The van der Waals surface area contributed by atoms with E-state index in [0.29, 0.717) is 0 Å². The topological polar surface area (TPSA) is 49.3 Å². The van der Waals surface area contributed by atoms with E-state index in [0.717, 1.165) is 12.8 Å². The van der Waals surface area contributed by atoms with Gasteiger partial charge in [-0.2, -0.15) is 0 Å². The Morgan fingerprint density at radius 3 is 2.62 bits per heavy atom. The van der Waals surface area contributed by atoms with Gasteiger partial charge in [0.05, 0.1) is 19.1 Å². The van der Waals surface area contributed by atoms with E-state index in [4.69, 9.17) is 0 Å². The van der Waals surface area contributed by atoms with Gasteiger partial charge in [0.1, 0.15) is 0 Å². The van der Waals surface area contributed by atoms with Gasteiger partial charge in [-0.1, -0.05) is 0 Å². The lowest BCUT2D eigenvalue weighted by molar-refractivity contribution is -0.123. The highest BCUT2D eigenvalue weighted by Gasteiger charge is 2.30. The number of carbonyl (C=O) groups excluding carboxylic acids is 1. The fourth-order valence-corrected chi connectivity index (χ4v) is 1.10. The van der Waals surface area contributed by atoms with Gasteiger partial charge in [0.2, 0.25) is 5.91 Å². The van der Waals surface area contributed by atoms with Crippen LogP contribution in [0.25, 0.3) is 0 Å². The third kappa shape index (κ3) is 4.17. The van der Waals surface area contributed by atoms with E-state index in [1.54, 1.807) is 0 Å². The molecule has 0 bridgehead atoms. The second-order valence-electron chi connectivity index (χ2n) is 3.30. The Hall–Kier alpha value is -0.710. The van der Waals surface area contributed by atoms with Crippen LogP contribution in [0.1, 0.15) is 19.3 Å². The molecule has 0 heterocycles. The Kier molecular flexibility index (Phi) is 3.59. The summed E-state index contributed by atoms with van der Waals surface area (Å²) < 4.78 is 23.3. The molecule has 1 saturated carbocycles. The van der Waals surface area contributed by atoms with Gasteiger partial charge in [-0.3, -0.25) is 4.79 Å². The largest absolute Gasteiger partial charge is 0.392 e. The number of hydrogen-bond donors (Lipinski definition) is 2. The van der Waals surface area contributed by atoms with E-state index in [9.17, 15) is 18.7 Å². The fraction of sp³-hybridized carbons (Fsp3) is 0.875. The summed E-state index contributed by atoms with van der Waals surface area (Å²) in [5.41, 5.74) is 0. The number of carbonyl (C=O) groups is 1. The van der Waals surface area contributed by atoms with Gasteiger partial charge < -0.3 is 10.4 Å². The van der Waals surface area contributed by atoms with Gasteiger partial charge >= 0.3 is 0 Å². The van der Waals surface area contributed by atoms with Crippen molar-refractivity contribution in [3.8, 4) is 0 Å². The van der Waals surface area contributed by atoms with Crippen LogP contribution in [0.3, 0.4) is 0 Å². The average molecular weight is 193 g/mol. The van der Waals surface area contributed by atoms with Crippen molar-refractivity contribution in [3.05, 3.63) is 0 Å². The minimum Gasteiger partial charge on any atom is -0.392 e.